The summed E-state index contributed by atoms with van der Waals surface area (Å²) in [5.41, 5.74) is -0.485. The molecule has 0 N–H and O–H groups in total. The van der Waals surface area contributed by atoms with E-state index in [1.54, 1.807) is 45.2 Å². The summed E-state index contributed by atoms with van der Waals surface area (Å²) in [4.78, 5) is 30.7. The van der Waals surface area contributed by atoms with E-state index in [4.69, 9.17) is 4.74 Å². The molecule has 2 aromatic rings. The van der Waals surface area contributed by atoms with E-state index in [1.165, 1.54) is 22.2 Å². The molecule has 7 nitrogen and oxygen atoms in total. The normalized spacial score (nSPS) is 20.5. The summed E-state index contributed by atoms with van der Waals surface area (Å²) in [5, 5.41) is 4.02. The minimum absolute atomic E-state index is 0.209. The van der Waals surface area contributed by atoms with Crippen LogP contribution in [-0.4, -0.2) is 33.6 Å². The van der Waals surface area contributed by atoms with Crippen molar-refractivity contribution in [2.45, 2.75) is 20.0 Å². The average Bonchev–Trinajstić information content (AvgIpc) is 3.10. The maximum absolute atomic E-state index is 12.7. The van der Waals surface area contributed by atoms with Gasteiger partial charge in [0.05, 0.1) is 7.11 Å². The summed E-state index contributed by atoms with van der Waals surface area (Å²) in [7, 11) is 1.57. The minimum Gasteiger partial charge on any atom is -0.497 e. The molecule has 7 heteroatoms. The van der Waals surface area contributed by atoms with Crippen molar-refractivity contribution in [1.82, 2.24) is 14.8 Å². The molecule has 1 aromatic carbocycles. The number of aromatic nitrogens is 3. The number of nitrogens with zero attached hydrogens (tertiary/aromatic N) is 4. The van der Waals surface area contributed by atoms with Gasteiger partial charge in [0.15, 0.2) is 11.9 Å². The Morgan fingerprint density at radius 3 is 2.41 bits per heavy atom. The van der Waals surface area contributed by atoms with Crippen LogP contribution in [0, 0.1) is 5.41 Å². The summed E-state index contributed by atoms with van der Waals surface area (Å²) in [6.07, 6.45) is 1.96. The number of ketones is 1. The Balaban J connectivity index is 2.09. The molecular weight excluding hydrogens is 284 g/mol. The van der Waals surface area contributed by atoms with Gasteiger partial charge in [0.2, 0.25) is 5.91 Å². The predicted molar refractivity (Wildman–Crippen MR) is 78.3 cm³/mol. The molecule has 2 heterocycles. The molecule has 0 radical (unpaired) electrons. The van der Waals surface area contributed by atoms with Crippen LogP contribution < -0.4 is 9.64 Å². The standard InChI is InChI=1S/C15H16N4O3/c1-15(2)12(20)13(18-9-16-8-17-18)19(14(15)21)10-4-6-11(22-3)7-5-10/h4-9,13H,1-3H3. The number of hydrogen-bond acceptors (Lipinski definition) is 5. The highest BCUT2D eigenvalue weighted by molar-refractivity contribution is 6.21. The number of anilines is 1. The van der Waals surface area contributed by atoms with E-state index in [1.807, 2.05) is 0 Å². The Morgan fingerprint density at radius 1 is 1.18 bits per heavy atom. The van der Waals surface area contributed by atoms with Gasteiger partial charge in [-0.05, 0) is 38.1 Å². The second kappa shape index (κ2) is 4.94. The van der Waals surface area contributed by atoms with Crippen molar-refractivity contribution in [3.63, 3.8) is 0 Å². The number of Topliss-reactive ketones (excluding diaryl/α,β-unsaturated/α-hetero) is 1. The van der Waals surface area contributed by atoms with Crippen LogP contribution in [0.15, 0.2) is 36.9 Å². The highest BCUT2D eigenvalue weighted by Crippen LogP contribution is 2.40. The molecular formula is C15H16N4O3. The van der Waals surface area contributed by atoms with Gasteiger partial charge in [-0.3, -0.25) is 14.5 Å². The first-order valence-electron chi connectivity index (χ1n) is 6.83. The van der Waals surface area contributed by atoms with Crippen LogP contribution in [0.2, 0.25) is 0 Å². The second-order valence-corrected chi connectivity index (χ2v) is 5.61. The lowest BCUT2D eigenvalue weighted by Crippen LogP contribution is -2.34. The summed E-state index contributed by atoms with van der Waals surface area (Å²) in [6, 6.07) is 6.98. The smallest absolute Gasteiger partial charge is 0.242 e. The third-order valence-electron chi connectivity index (χ3n) is 3.89. The molecule has 1 aliphatic rings. The Morgan fingerprint density at radius 2 is 1.86 bits per heavy atom. The number of carbonyl (C=O) groups is 2. The van der Waals surface area contributed by atoms with Gasteiger partial charge in [0.1, 0.15) is 23.8 Å². The van der Waals surface area contributed by atoms with Crippen molar-refractivity contribution in [2.75, 3.05) is 12.0 Å². The van der Waals surface area contributed by atoms with Gasteiger partial charge in [-0.25, -0.2) is 9.67 Å². The molecule has 1 fully saturated rings. The Labute approximate surface area is 127 Å². The van der Waals surface area contributed by atoms with Crippen molar-refractivity contribution in [2.24, 2.45) is 5.41 Å². The molecule has 1 unspecified atom stereocenters. The Bertz CT molecular complexity index is 707. The Hall–Kier alpha value is -2.70. The van der Waals surface area contributed by atoms with Crippen molar-refractivity contribution >= 4 is 17.4 Å². The zero-order valence-corrected chi connectivity index (χ0v) is 12.6. The summed E-state index contributed by atoms with van der Waals surface area (Å²) >= 11 is 0. The molecule has 1 atom stereocenters. The number of amides is 1. The van der Waals surface area contributed by atoms with Crippen molar-refractivity contribution in [3.8, 4) is 5.75 Å². The van der Waals surface area contributed by atoms with Gasteiger partial charge >= 0.3 is 0 Å². The molecule has 1 amide bonds. The quantitative estimate of drug-likeness (QED) is 0.801. The van der Waals surface area contributed by atoms with Gasteiger partial charge in [-0.2, -0.15) is 5.10 Å². The molecule has 3 rings (SSSR count). The number of carbonyl (C=O) groups excluding carboxylic acids is 2. The first-order valence-corrected chi connectivity index (χ1v) is 6.83. The van der Waals surface area contributed by atoms with Crippen LogP contribution in [0.1, 0.15) is 20.0 Å². The molecule has 1 aromatic heterocycles. The zero-order chi connectivity index (χ0) is 15.9. The van der Waals surface area contributed by atoms with Gasteiger partial charge in [-0.1, -0.05) is 0 Å². The van der Waals surface area contributed by atoms with Gasteiger partial charge in [0, 0.05) is 5.69 Å². The van der Waals surface area contributed by atoms with E-state index in [-0.39, 0.29) is 11.7 Å². The number of hydrogen-bond donors (Lipinski definition) is 0. The first-order chi connectivity index (χ1) is 10.5. The maximum atomic E-state index is 12.7. The van der Waals surface area contributed by atoms with E-state index in [0.29, 0.717) is 11.4 Å². The number of rotatable bonds is 3. The molecule has 0 aliphatic carbocycles. The molecule has 114 valence electrons. The van der Waals surface area contributed by atoms with Crippen LogP contribution in [0.25, 0.3) is 0 Å². The van der Waals surface area contributed by atoms with Gasteiger partial charge in [0.25, 0.3) is 0 Å². The molecule has 1 saturated heterocycles. The Kier molecular flexibility index (Phi) is 3.20. The van der Waals surface area contributed by atoms with Crippen LogP contribution in [0.4, 0.5) is 5.69 Å². The molecule has 1 aliphatic heterocycles. The number of ether oxygens (including phenoxy) is 1. The predicted octanol–water partition coefficient (Wildman–Crippen LogP) is 1.43. The molecule has 0 spiro atoms. The summed E-state index contributed by atoms with van der Waals surface area (Å²) < 4.78 is 6.52. The molecule has 0 bridgehead atoms. The monoisotopic (exact) mass is 300 g/mol. The van der Waals surface area contributed by atoms with Gasteiger partial charge in [-0.15, -0.1) is 0 Å². The zero-order valence-electron chi connectivity index (χ0n) is 12.6. The maximum Gasteiger partial charge on any atom is 0.242 e. The van der Waals surface area contributed by atoms with E-state index in [9.17, 15) is 9.59 Å². The lowest BCUT2D eigenvalue weighted by atomic mass is 9.90. The topological polar surface area (TPSA) is 77.3 Å². The van der Waals surface area contributed by atoms with E-state index in [2.05, 4.69) is 10.1 Å². The number of methoxy groups -OCH3 is 1. The third kappa shape index (κ3) is 1.97. The SMILES string of the molecule is COc1ccc(N2C(=O)C(C)(C)C(=O)C2n2cncn2)cc1. The van der Waals surface area contributed by atoms with Crippen LogP contribution in [0.3, 0.4) is 0 Å². The lowest BCUT2D eigenvalue weighted by molar-refractivity contribution is -0.133. The third-order valence-corrected chi connectivity index (χ3v) is 3.89. The highest BCUT2D eigenvalue weighted by Gasteiger charge is 2.55. The van der Waals surface area contributed by atoms with Crippen molar-refractivity contribution < 1.29 is 14.3 Å². The van der Waals surface area contributed by atoms with Gasteiger partial charge < -0.3 is 4.74 Å². The van der Waals surface area contributed by atoms with Crippen LogP contribution >= 0.6 is 0 Å². The highest BCUT2D eigenvalue weighted by atomic mass is 16.5. The van der Waals surface area contributed by atoms with Crippen molar-refractivity contribution in [1.29, 1.82) is 0 Å². The van der Waals surface area contributed by atoms with Crippen LogP contribution in [-0.2, 0) is 9.59 Å². The molecule has 0 saturated carbocycles. The van der Waals surface area contributed by atoms with E-state index >= 15 is 0 Å². The van der Waals surface area contributed by atoms with E-state index < -0.39 is 11.6 Å². The van der Waals surface area contributed by atoms with E-state index in [0.717, 1.165) is 0 Å². The fraction of sp³-hybridized carbons (Fsp3) is 0.333. The fourth-order valence-corrected chi connectivity index (χ4v) is 2.54. The minimum atomic E-state index is -1.10. The fourth-order valence-electron chi connectivity index (χ4n) is 2.54. The number of benzene rings is 1. The van der Waals surface area contributed by atoms with Crippen molar-refractivity contribution in [3.05, 3.63) is 36.9 Å². The largest absolute Gasteiger partial charge is 0.497 e. The molecule has 22 heavy (non-hydrogen) atoms. The summed E-state index contributed by atoms with van der Waals surface area (Å²) in [6.45, 7) is 3.26. The van der Waals surface area contributed by atoms with Crippen LogP contribution in [0.5, 0.6) is 5.75 Å². The lowest BCUT2D eigenvalue weighted by Gasteiger charge is -2.23. The first kappa shape index (κ1) is 14.2. The average molecular weight is 300 g/mol. The summed E-state index contributed by atoms with van der Waals surface area (Å²) in [5.74, 6) is 0.209. The second-order valence-electron chi connectivity index (χ2n) is 5.61.